The molecular weight excluding hydrogens is 570 g/mol. The standard InChI is InChI=1S/C36H33N3O6/c1-4-43-32-22-25(15-20-31(32)45-23-33(40)37-30-14-10-9-11-24(30)3)21-29-34(26-12-7-6-8-13-26)38-39(35(29)41)28-18-16-27(17-19-28)36(42)44-5-2/h6-22H,4-5,23H2,1-3H3,(H,37,40)/b29-21-. The van der Waals surface area contributed by atoms with E-state index >= 15 is 0 Å². The van der Waals surface area contributed by atoms with E-state index in [1.54, 1.807) is 55.5 Å². The van der Waals surface area contributed by atoms with Gasteiger partial charge >= 0.3 is 5.97 Å². The summed E-state index contributed by atoms with van der Waals surface area (Å²) in [4.78, 5) is 38.5. The molecule has 4 aromatic rings. The minimum atomic E-state index is -0.435. The van der Waals surface area contributed by atoms with E-state index in [1.807, 2.05) is 68.4 Å². The summed E-state index contributed by atoms with van der Waals surface area (Å²) in [5.74, 6) is -0.227. The molecule has 9 heteroatoms. The van der Waals surface area contributed by atoms with Gasteiger partial charge in [-0.05, 0) is 80.4 Å². The Kier molecular flexibility index (Phi) is 9.69. The van der Waals surface area contributed by atoms with Crippen molar-refractivity contribution in [3.05, 3.63) is 125 Å². The Labute approximate surface area is 261 Å². The average Bonchev–Trinajstić information content (AvgIpc) is 3.37. The molecule has 0 unspecified atom stereocenters. The Balaban J connectivity index is 1.40. The van der Waals surface area contributed by atoms with Crippen molar-refractivity contribution in [2.24, 2.45) is 5.10 Å². The fourth-order valence-corrected chi connectivity index (χ4v) is 4.69. The van der Waals surface area contributed by atoms with Crippen molar-refractivity contribution in [1.82, 2.24) is 0 Å². The zero-order valence-electron chi connectivity index (χ0n) is 25.3. The monoisotopic (exact) mass is 603 g/mol. The second-order valence-electron chi connectivity index (χ2n) is 10.0. The minimum Gasteiger partial charge on any atom is -0.490 e. The third-order valence-corrected chi connectivity index (χ3v) is 6.90. The van der Waals surface area contributed by atoms with Crippen LogP contribution in [0.15, 0.2) is 108 Å². The predicted octanol–water partition coefficient (Wildman–Crippen LogP) is 6.42. The molecule has 0 saturated heterocycles. The van der Waals surface area contributed by atoms with E-state index in [-0.39, 0.29) is 25.0 Å². The third kappa shape index (κ3) is 7.27. The van der Waals surface area contributed by atoms with Crippen LogP contribution in [0.4, 0.5) is 11.4 Å². The summed E-state index contributed by atoms with van der Waals surface area (Å²) in [6.45, 7) is 5.95. The van der Waals surface area contributed by atoms with Gasteiger partial charge in [0.15, 0.2) is 18.1 Å². The van der Waals surface area contributed by atoms with Gasteiger partial charge in [0.2, 0.25) is 0 Å². The van der Waals surface area contributed by atoms with Gasteiger partial charge in [0.1, 0.15) is 5.71 Å². The molecule has 2 amide bonds. The molecule has 45 heavy (non-hydrogen) atoms. The van der Waals surface area contributed by atoms with Crippen molar-refractivity contribution in [1.29, 1.82) is 0 Å². The van der Waals surface area contributed by atoms with Crippen molar-refractivity contribution < 1.29 is 28.6 Å². The van der Waals surface area contributed by atoms with E-state index < -0.39 is 5.97 Å². The molecule has 1 aliphatic rings. The number of para-hydroxylation sites is 1. The van der Waals surface area contributed by atoms with Crippen LogP contribution in [-0.2, 0) is 14.3 Å². The average molecular weight is 604 g/mol. The molecule has 0 aromatic heterocycles. The fourth-order valence-electron chi connectivity index (χ4n) is 4.69. The van der Waals surface area contributed by atoms with E-state index in [1.165, 1.54) is 5.01 Å². The van der Waals surface area contributed by atoms with Gasteiger partial charge in [-0.25, -0.2) is 4.79 Å². The molecular formula is C36H33N3O6. The molecule has 1 aliphatic heterocycles. The molecule has 0 bridgehead atoms. The number of ether oxygens (including phenoxy) is 3. The van der Waals surface area contributed by atoms with Crippen molar-refractivity contribution >= 4 is 40.9 Å². The number of carbonyl (C=O) groups excluding carboxylic acids is 3. The largest absolute Gasteiger partial charge is 0.490 e. The highest BCUT2D eigenvalue weighted by Crippen LogP contribution is 2.32. The molecule has 4 aromatic carbocycles. The van der Waals surface area contributed by atoms with Crippen LogP contribution < -0.4 is 19.8 Å². The smallest absolute Gasteiger partial charge is 0.338 e. The topological polar surface area (TPSA) is 107 Å². The Morgan fingerprint density at radius 1 is 0.844 bits per heavy atom. The van der Waals surface area contributed by atoms with Gasteiger partial charge in [0.25, 0.3) is 11.8 Å². The first kappa shape index (κ1) is 30.7. The first-order valence-corrected chi connectivity index (χ1v) is 14.6. The van der Waals surface area contributed by atoms with Crippen molar-refractivity contribution in [2.75, 3.05) is 30.1 Å². The number of hydrogen-bond donors (Lipinski definition) is 1. The van der Waals surface area contributed by atoms with Crippen LogP contribution >= 0.6 is 0 Å². The SMILES string of the molecule is CCOC(=O)c1ccc(N2N=C(c3ccccc3)/C(=C/c3ccc(OCC(=O)Nc4ccccc4C)c(OCC)c3)C2=O)cc1. The first-order valence-electron chi connectivity index (χ1n) is 14.6. The molecule has 1 N–H and O–H groups in total. The van der Waals surface area contributed by atoms with E-state index in [0.717, 1.165) is 16.8 Å². The molecule has 9 nitrogen and oxygen atoms in total. The number of hydrogen-bond acceptors (Lipinski definition) is 7. The van der Waals surface area contributed by atoms with Crippen LogP contribution in [0.2, 0.25) is 0 Å². The lowest BCUT2D eigenvalue weighted by Gasteiger charge is -2.14. The number of esters is 1. The predicted molar refractivity (Wildman–Crippen MR) is 174 cm³/mol. The number of carbonyl (C=O) groups is 3. The van der Waals surface area contributed by atoms with Gasteiger partial charge in [-0.3, -0.25) is 9.59 Å². The number of rotatable bonds is 11. The summed E-state index contributed by atoms with van der Waals surface area (Å²) in [6, 6.07) is 28.7. The number of aryl methyl sites for hydroxylation is 1. The van der Waals surface area contributed by atoms with Gasteiger partial charge in [0, 0.05) is 11.3 Å². The van der Waals surface area contributed by atoms with Gasteiger partial charge in [0.05, 0.1) is 30.0 Å². The van der Waals surface area contributed by atoms with Crippen LogP contribution in [0.3, 0.4) is 0 Å². The molecule has 5 rings (SSSR count). The Bertz CT molecular complexity index is 1760. The van der Waals surface area contributed by atoms with Crippen molar-refractivity contribution in [2.45, 2.75) is 20.8 Å². The van der Waals surface area contributed by atoms with Crippen LogP contribution in [0.1, 0.15) is 40.9 Å². The molecule has 0 spiro atoms. The molecule has 0 saturated carbocycles. The van der Waals surface area contributed by atoms with E-state index in [2.05, 4.69) is 10.4 Å². The van der Waals surface area contributed by atoms with Gasteiger partial charge < -0.3 is 19.5 Å². The van der Waals surface area contributed by atoms with Crippen molar-refractivity contribution in [3.8, 4) is 11.5 Å². The van der Waals surface area contributed by atoms with Crippen LogP contribution in [0.5, 0.6) is 11.5 Å². The fraction of sp³-hybridized carbons (Fsp3) is 0.167. The first-order chi connectivity index (χ1) is 21.9. The van der Waals surface area contributed by atoms with Gasteiger partial charge in [-0.2, -0.15) is 10.1 Å². The van der Waals surface area contributed by atoms with E-state index in [4.69, 9.17) is 14.2 Å². The molecule has 1 heterocycles. The van der Waals surface area contributed by atoms with Gasteiger partial charge in [-0.15, -0.1) is 0 Å². The molecule has 0 fully saturated rings. The lowest BCUT2D eigenvalue weighted by molar-refractivity contribution is -0.118. The van der Waals surface area contributed by atoms with Crippen LogP contribution in [0, 0.1) is 6.92 Å². The zero-order chi connectivity index (χ0) is 31.8. The number of nitrogens with zero attached hydrogens (tertiary/aromatic N) is 2. The van der Waals surface area contributed by atoms with Crippen LogP contribution in [-0.4, -0.2) is 43.3 Å². The highest BCUT2D eigenvalue weighted by atomic mass is 16.5. The zero-order valence-corrected chi connectivity index (χ0v) is 25.3. The lowest BCUT2D eigenvalue weighted by atomic mass is 10.00. The number of hydrazone groups is 1. The number of benzene rings is 4. The van der Waals surface area contributed by atoms with Crippen molar-refractivity contribution in [3.63, 3.8) is 0 Å². The molecule has 0 aliphatic carbocycles. The second-order valence-corrected chi connectivity index (χ2v) is 10.0. The number of amides is 2. The summed E-state index contributed by atoms with van der Waals surface area (Å²) in [5.41, 5.74) is 4.89. The summed E-state index contributed by atoms with van der Waals surface area (Å²) in [5, 5.41) is 8.85. The van der Waals surface area contributed by atoms with E-state index in [0.29, 0.717) is 46.2 Å². The second kappa shape index (κ2) is 14.2. The normalized spacial score (nSPS) is 13.4. The van der Waals surface area contributed by atoms with Gasteiger partial charge in [-0.1, -0.05) is 54.6 Å². The minimum absolute atomic E-state index is 0.206. The molecule has 228 valence electrons. The Morgan fingerprint density at radius 2 is 1.58 bits per heavy atom. The third-order valence-electron chi connectivity index (χ3n) is 6.90. The van der Waals surface area contributed by atoms with Crippen LogP contribution in [0.25, 0.3) is 6.08 Å². The maximum absolute atomic E-state index is 13.8. The number of nitrogens with one attached hydrogen (secondary N) is 1. The quantitative estimate of drug-likeness (QED) is 0.157. The lowest BCUT2D eigenvalue weighted by Crippen LogP contribution is -2.21. The Hall–Kier alpha value is -5.70. The summed E-state index contributed by atoms with van der Waals surface area (Å²) in [7, 11) is 0. The van der Waals surface area contributed by atoms with E-state index in [9.17, 15) is 14.4 Å². The molecule has 0 radical (unpaired) electrons. The maximum atomic E-state index is 13.8. The Morgan fingerprint density at radius 3 is 2.29 bits per heavy atom. The molecule has 0 atom stereocenters. The summed E-state index contributed by atoms with van der Waals surface area (Å²) >= 11 is 0. The highest BCUT2D eigenvalue weighted by Gasteiger charge is 2.32. The summed E-state index contributed by atoms with van der Waals surface area (Å²) in [6.07, 6.45) is 1.75. The number of anilines is 2. The highest BCUT2D eigenvalue weighted by molar-refractivity contribution is 6.37. The maximum Gasteiger partial charge on any atom is 0.338 e. The summed E-state index contributed by atoms with van der Waals surface area (Å²) < 4.78 is 16.7.